The van der Waals surface area contributed by atoms with Gasteiger partial charge in [0.15, 0.2) is 0 Å². The molecule has 13 heavy (non-hydrogen) atoms. The first-order valence-electron chi connectivity index (χ1n) is 5.20. The highest BCUT2D eigenvalue weighted by Crippen LogP contribution is 2.11. The van der Waals surface area contributed by atoms with Gasteiger partial charge in [-0.15, -0.1) is 0 Å². The van der Waals surface area contributed by atoms with Gasteiger partial charge in [-0.2, -0.15) is 11.8 Å². The van der Waals surface area contributed by atoms with E-state index >= 15 is 0 Å². The number of carbonyl (C=O) groups excluding carboxylic acids is 1. The molecule has 3 heteroatoms. The van der Waals surface area contributed by atoms with Gasteiger partial charge in [0.05, 0.1) is 0 Å². The SMILES string of the molecule is CCCCSCCN1CCCC1=O. The first-order chi connectivity index (χ1) is 6.34. The smallest absolute Gasteiger partial charge is 0.222 e. The second kappa shape index (κ2) is 6.30. The van der Waals surface area contributed by atoms with E-state index in [9.17, 15) is 4.79 Å². The number of nitrogens with zero attached hydrogens (tertiary/aromatic N) is 1. The molecule has 1 saturated heterocycles. The number of hydrogen-bond donors (Lipinski definition) is 0. The second-order valence-electron chi connectivity index (χ2n) is 3.45. The maximum Gasteiger partial charge on any atom is 0.222 e. The molecule has 76 valence electrons. The van der Waals surface area contributed by atoms with Crippen LogP contribution in [0.5, 0.6) is 0 Å². The van der Waals surface area contributed by atoms with Crippen LogP contribution in [0.15, 0.2) is 0 Å². The molecule has 1 amide bonds. The minimum absolute atomic E-state index is 0.357. The fraction of sp³-hybridized carbons (Fsp3) is 0.900. The lowest BCUT2D eigenvalue weighted by Gasteiger charge is -2.14. The van der Waals surface area contributed by atoms with Crippen molar-refractivity contribution in [1.82, 2.24) is 4.90 Å². The predicted octanol–water partition coefficient (Wildman–Crippen LogP) is 2.14. The van der Waals surface area contributed by atoms with Crippen LogP contribution in [0.2, 0.25) is 0 Å². The number of likely N-dealkylation sites (tertiary alicyclic amines) is 1. The van der Waals surface area contributed by atoms with Crippen molar-refractivity contribution in [2.24, 2.45) is 0 Å². The first-order valence-corrected chi connectivity index (χ1v) is 6.35. The molecule has 0 unspecified atom stereocenters. The summed E-state index contributed by atoms with van der Waals surface area (Å²) in [6.45, 7) is 4.17. The molecule has 0 aromatic rings. The summed E-state index contributed by atoms with van der Waals surface area (Å²) in [6, 6.07) is 0. The molecule has 0 saturated carbocycles. The number of amides is 1. The Balaban J connectivity index is 1.96. The van der Waals surface area contributed by atoms with Crippen molar-refractivity contribution in [2.75, 3.05) is 24.6 Å². The number of hydrogen-bond acceptors (Lipinski definition) is 2. The number of rotatable bonds is 6. The van der Waals surface area contributed by atoms with Gasteiger partial charge in [-0.1, -0.05) is 13.3 Å². The molecule has 0 spiro atoms. The van der Waals surface area contributed by atoms with Crippen LogP contribution in [0.3, 0.4) is 0 Å². The summed E-state index contributed by atoms with van der Waals surface area (Å²) >= 11 is 1.97. The summed E-state index contributed by atoms with van der Waals surface area (Å²) in [5.74, 6) is 2.72. The summed E-state index contributed by atoms with van der Waals surface area (Å²) in [4.78, 5) is 13.2. The van der Waals surface area contributed by atoms with Crippen molar-refractivity contribution in [2.45, 2.75) is 32.6 Å². The van der Waals surface area contributed by atoms with Crippen molar-refractivity contribution in [3.63, 3.8) is 0 Å². The Morgan fingerprint density at radius 2 is 2.31 bits per heavy atom. The molecule has 0 radical (unpaired) electrons. The average Bonchev–Trinajstić information content (AvgIpc) is 2.52. The van der Waals surface area contributed by atoms with Gasteiger partial charge >= 0.3 is 0 Å². The van der Waals surface area contributed by atoms with Crippen LogP contribution in [-0.2, 0) is 4.79 Å². The lowest BCUT2D eigenvalue weighted by Crippen LogP contribution is -2.26. The molecule has 1 rings (SSSR count). The molecule has 0 bridgehead atoms. The van der Waals surface area contributed by atoms with Crippen LogP contribution in [0.1, 0.15) is 32.6 Å². The van der Waals surface area contributed by atoms with Crippen LogP contribution in [0, 0.1) is 0 Å². The quantitative estimate of drug-likeness (QED) is 0.614. The minimum atomic E-state index is 0.357. The molecule has 2 nitrogen and oxygen atoms in total. The van der Waals surface area contributed by atoms with Gasteiger partial charge in [0.25, 0.3) is 0 Å². The van der Waals surface area contributed by atoms with Gasteiger partial charge in [-0.05, 0) is 18.6 Å². The monoisotopic (exact) mass is 201 g/mol. The number of carbonyl (C=O) groups is 1. The first kappa shape index (κ1) is 10.9. The molecule has 0 atom stereocenters. The lowest BCUT2D eigenvalue weighted by molar-refractivity contribution is -0.127. The molecule has 1 aliphatic rings. The highest BCUT2D eigenvalue weighted by atomic mass is 32.2. The summed E-state index contributed by atoms with van der Waals surface area (Å²) in [5, 5.41) is 0. The lowest BCUT2D eigenvalue weighted by atomic mass is 10.4. The van der Waals surface area contributed by atoms with Crippen molar-refractivity contribution in [3.05, 3.63) is 0 Å². The second-order valence-corrected chi connectivity index (χ2v) is 4.68. The zero-order chi connectivity index (χ0) is 9.52. The van der Waals surface area contributed by atoms with Crippen LogP contribution in [-0.4, -0.2) is 35.4 Å². The van der Waals surface area contributed by atoms with Crippen LogP contribution in [0.4, 0.5) is 0 Å². The van der Waals surface area contributed by atoms with Gasteiger partial charge < -0.3 is 4.90 Å². The topological polar surface area (TPSA) is 20.3 Å². The van der Waals surface area contributed by atoms with Crippen molar-refractivity contribution in [1.29, 1.82) is 0 Å². The third-order valence-corrected chi connectivity index (χ3v) is 3.37. The molecule has 0 aromatic heterocycles. The fourth-order valence-electron chi connectivity index (χ4n) is 1.46. The van der Waals surface area contributed by atoms with E-state index in [0.717, 1.165) is 31.7 Å². The molecule has 0 N–H and O–H groups in total. The van der Waals surface area contributed by atoms with E-state index in [0.29, 0.717) is 5.91 Å². The normalized spacial score (nSPS) is 17.0. The van der Waals surface area contributed by atoms with Crippen LogP contribution >= 0.6 is 11.8 Å². The third kappa shape index (κ3) is 4.03. The van der Waals surface area contributed by atoms with Gasteiger partial charge in [-0.3, -0.25) is 4.79 Å². The molecule has 0 aromatic carbocycles. The maximum absolute atomic E-state index is 11.2. The zero-order valence-corrected chi connectivity index (χ0v) is 9.24. The Hall–Kier alpha value is -0.180. The van der Waals surface area contributed by atoms with Gasteiger partial charge in [0.1, 0.15) is 0 Å². The number of thioether (sulfide) groups is 1. The largest absolute Gasteiger partial charge is 0.342 e. The highest BCUT2D eigenvalue weighted by molar-refractivity contribution is 7.99. The van der Waals surface area contributed by atoms with Crippen molar-refractivity contribution >= 4 is 17.7 Å². The molecular formula is C10H19NOS. The molecule has 0 aliphatic carbocycles. The van der Waals surface area contributed by atoms with Crippen LogP contribution < -0.4 is 0 Å². The van der Waals surface area contributed by atoms with Gasteiger partial charge in [0.2, 0.25) is 5.91 Å². The molecule has 1 aliphatic heterocycles. The Morgan fingerprint density at radius 3 is 2.92 bits per heavy atom. The molecular weight excluding hydrogens is 182 g/mol. The Morgan fingerprint density at radius 1 is 1.46 bits per heavy atom. The maximum atomic E-state index is 11.2. The Labute approximate surface area is 85.1 Å². The van der Waals surface area contributed by atoms with E-state index in [2.05, 4.69) is 6.92 Å². The summed E-state index contributed by atoms with van der Waals surface area (Å²) < 4.78 is 0. The summed E-state index contributed by atoms with van der Waals surface area (Å²) in [6.07, 6.45) is 4.42. The van der Waals surface area contributed by atoms with E-state index < -0.39 is 0 Å². The number of unbranched alkanes of at least 4 members (excludes halogenated alkanes) is 1. The Bertz CT molecular complexity index is 161. The van der Waals surface area contributed by atoms with Crippen molar-refractivity contribution in [3.8, 4) is 0 Å². The summed E-state index contributed by atoms with van der Waals surface area (Å²) in [7, 11) is 0. The standard InChI is InChI=1S/C10H19NOS/c1-2-3-8-13-9-7-11-6-4-5-10(11)12/h2-9H2,1H3. The molecule has 1 heterocycles. The highest BCUT2D eigenvalue weighted by Gasteiger charge is 2.18. The Kier molecular flexibility index (Phi) is 5.28. The van der Waals surface area contributed by atoms with Crippen molar-refractivity contribution < 1.29 is 4.79 Å². The third-order valence-electron chi connectivity index (χ3n) is 2.32. The molecule has 1 fully saturated rings. The summed E-state index contributed by atoms with van der Waals surface area (Å²) in [5.41, 5.74) is 0. The minimum Gasteiger partial charge on any atom is -0.342 e. The zero-order valence-electron chi connectivity index (χ0n) is 8.42. The van der Waals surface area contributed by atoms with Crippen LogP contribution in [0.25, 0.3) is 0 Å². The predicted molar refractivity (Wildman–Crippen MR) is 58.0 cm³/mol. The van der Waals surface area contributed by atoms with Gasteiger partial charge in [-0.25, -0.2) is 0 Å². The van der Waals surface area contributed by atoms with E-state index in [4.69, 9.17) is 0 Å². The average molecular weight is 201 g/mol. The van der Waals surface area contributed by atoms with E-state index in [1.165, 1.54) is 18.6 Å². The fourth-order valence-corrected chi connectivity index (χ4v) is 2.51. The van der Waals surface area contributed by atoms with E-state index in [1.807, 2.05) is 16.7 Å². The van der Waals surface area contributed by atoms with Gasteiger partial charge in [0, 0.05) is 25.3 Å². The van der Waals surface area contributed by atoms with E-state index in [1.54, 1.807) is 0 Å². The van der Waals surface area contributed by atoms with E-state index in [-0.39, 0.29) is 0 Å².